The summed E-state index contributed by atoms with van der Waals surface area (Å²) in [6.45, 7) is 4.34. The van der Waals surface area contributed by atoms with Crippen molar-refractivity contribution in [1.82, 2.24) is 10.3 Å². The summed E-state index contributed by atoms with van der Waals surface area (Å²) in [6.07, 6.45) is 8.23. The van der Waals surface area contributed by atoms with Crippen LogP contribution >= 0.6 is 0 Å². The van der Waals surface area contributed by atoms with Crippen molar-refractivity contribution < 1.29 is 4.39 Å². The highest BCUT2D eigenvalue weighted by molar-refractivity contribution is 5.42. The van der Waals surface area contributed by atoms with Gasteiger partial charge in [0.1, 0.15) is 0 Å². The van der Waals surface area contributed by atoms with E-state index in [4.69, 9.17) is 0 Å². The molecule has 1 aliphatic carbocycles. The van der Waals surface area contributed by atoms with Crippen LogP contribution in [0.1, 0.15) is 44.6 Å². The van der Waals surface area contributed by atoms with Gasteiger partial charge in [-0.05, 0) is 31.4 Å². The Kier molecular flexibility index (Phi) is 5.77. The molecule has 1 fully saturated rings. The van der Waals surface area contributed by atoms with E-state index in [9.17, 15) is 4.39 Å². The molecule has 20 heavy (non-hydrogen) atoms. The minimum Gasteiger partial charge on any atom is -0.357 e. The number of pyridine rings is 1. The number of anilines is 1. The fraction of sp³-hybridized carbons (Fsp3) is 0.688. The predicted molar refractivity (Wildman–Crippen MR) is 81.4 cm³/mol. The SMILES string of the molecule is CCNCc1ccnc(N(C)CC2CCCCC2)c1F. The summed E-state index contributed by atoms with van der Waals surface area (Å²) < 4.78 is 14.5. The molecule has 0 atom stereocenters. The normalized spacial score (nSPS) is 16.4. The molecule has 3 nitrogen and oxygen atoms in total. The van der Waals surface area contributed by atoms with Gasteiger partial charge >= 0.3 is 0 Å². The maximum absolute atomic E-state index is 14.5. The molecule has 0 radical (unpaired) electrons. The van der Waals surface area contributed by atoms with Crippen LogP contribution in [0.15, 0.2) is 12.3 Å². The first-order valence-electron chi connectivity index (χ1n) is 7.77. The molecule has 0 aromatic carbocycles. The molecule has 0 aliphatic heterocycles. The smallest absolute Gasteiger partial charge is 0.170 e. The molecular weight excluding hydrogens is 253 g/mol. The largest absolute Gasteiger partial charge is 0.357 e. The van der Waals surface area contributed by atoms with Gasteiger partial charge in [-0.3, -0.25) is 0 Å². The summed E-state index contributed by atoms with van der Waals surface area (Å²) in [4.78, 5) is 6.22. The maximum Gasteiger partial charge on any atom is 0.170 e. The van der Waals surface area contributed by atoms with Crippen LogP contribution in [0.3, 0.4) is 0 Å². The van der Waals surface area contributed by atoms with E-state index in [1.807, 2.05) is 18.9 Å². The zero-order chi connectivity index (χ0) is 14.4. The highest BCUT2D eigenvalue weighted by atomic mass is 19.1. The van der Waals surface area contributed by atoms with E-state index in [1.165, 1.54) is 32.1 Å². The Morgan fingerprint density at radius 2 is 2.10 bits per heavy atom. The molecule has 0 saturated heterocycles. The molecule has 2 rings (SSSR count). The second-order valence-electron chi connectivity index (χ2n) is 5.77. The quantitative estimate of drug-likeness (QED) is 0.865. The van der Waals surface area contributed by atoms with Crippen molar-refractivity contribution in [3.05, 3.63) is 23.6 Å². The molecule has 112 valence electrons. The number of nitrogens with one attached hydrogen (secondary N) is 1. The summed E-state index contributed by atoms with van der Waals surface area (Å²) in [5.74, 6) is 1.00. The monoisotopic (exact) mass is 279 g/mol. The second kappa shape index (κ2) is 7.58. The van der Waals surface area contributed by atoms with E-state index in [1.54, 1.807) is 12.3 Å². The summed E-state index contributed by atoms with van der Waals surface area (Å²) in [6, 6.07) is 1.76. The second-order valence-corrected chi connectivity index (χ2v) is 5.77. The van der Waals surface area contributed by atoms with E-state index in [0.29, 0.717) is 23.8 Å². The highest BCUT2D eigenvalue weighted by Crippen LogP contribution is 2.26. The third-order valence-electron chi connectivity index (χ3n) is 4.13. The van der Waals surface area contributed by atoms with E-state index >= 15 is 0 Å². The number of halogens is 1. The number of aromatic nitrogens is 1. The Balaban J connectivity index is 2.02. The molecular formula is C16H26FN3. The van der Waals surface area contributed by atoms with E-state index < -0.39 is 0 Å². The van der Waals surface area contributed by atoms with Crippen molar-refractivity contribution in [3.63, 3.8) is 0 Å². The summed E-state index contributed by atoms with van der Waals surface area (Å²) >= 11 is 0. The third-order valence-corrected chi connectivity index (χ3v) is 4.13. The highest BCUT2D eigenvalue weighted by Gasteiger charge is 2.19. The van der Waals surface area contributed by atoms with Crippen LogP contribution < -0.4 is 10.2 Å². The lowest BCUT2D eigenvalue weighted by Gasteiger charge is -2.28. The van der Waals surface area contributed by atoms with Crippen LogP contribution in [0.25, 0.3) is 0 Å². The topological polar surface area (TPSA) is 28.2 Å². The average Bonchev–Trinajstić information content (AvgIpc) is 2.47. The Labute approximate surface area is 121 Å². The molecule has 1 saturated carbocycles. The van der Waals surface area contributed by atoms with Gasteiger partial charge in [0.05, 0.1) is 0 Å². The minimum absolute atomic E-state index is 0.174. The molecule has 0 spiro atoms. The van der Waals surface area contributed by atoms with Gasteiger partial charge in [0.2, 0.25) is 0 Å². The standard InChI is InChI=1S/C16H26FN3/c1-3-18-11-14-9-10-19-16(15(14)17)20(2)12-13-7-5-4-6-8-13/h9-10,13,18H,3-8,11-12H2,1-2H3. The predicted octanol–water partition coefficient (Wildman–Crippen LogP) is 3.35. The minimum atomic E-state index is -0.174. The van der Waals surface area contributed by atoms with Gasteiger partial charge in [-0.25, -0.2) is 9.37 Å². The molecule has 1 aromatic heterocycles. The zero-order valence-electron chi connectivity index (χ0n) is 12.7. The summed E-state index contributed by atoms with van der Waals surface area (Å²) in [5.41, 5.74) is 0.701. The van der Waals surface area contributed by atoms with E-state index in [2.05, 4.69) is 10.3 Å². The number of nitrogens with zero attached hydrogens (tertiary/aromatic N) is 2. The van der Waals surface area contributed by atoms with E-state index in [0.717, 1.165) is 13.1 Å². The zero-order valence-corrected chi connectivity index (χ0v) is 12.7. The Hall–Kier alpha value is -1.16. The molecule has 1 N–H and O–H groups in total. The molecule has 0 unspecified atom stereocenters. The lowest BCUT2D eigenvalue weighted by atomic mass is 9.89. The van der Waals surface area contributed by atoms with Crippen LogP contribution in [-0.2, 0) is 6.54 Å². The third kappa shape index (κ3) is 3.92. The van der Waals surface area contributed by atoms with Gasteiger partial charge in [0.15, 0.2) is 11.6 Å². The Morgan fingerprint density at radius 1 is 1.35 bits per heavy atom. The van der Waals surface area contributed by atoms with Crippen molar-refractivity contribution in [3.8, 4) is 0 Å². The van der Waals surface area contributed by atoms with E-state index in [-0.39, 0.29) is 5.82 Å². The fourth-order valence-electron chi connectivity index (χ4n) is 2.98. The molecule has 0 bridgehead atoms. The van der Waals surface area contributed by atoms with Crippen LogP contribution in [0, 0.1) is 11.7 Å². The van der Waals surface area contributed by atoms with Gasteiger partial charge in [-0.1, -0.05) is 26.2 Å². The molecule has 1 heterocycles. The van der Waals surface area contributed by atoms with Crippen LogP contribution in [0.5, 0.6) is 0 Å². The average molecular weight is 279 g/mol. The van der Waals surface area contributed by atoms with Crippen molar-refractivity contribution in [2.45, 2.75) is 45.6 Å². The first-order valence-corrected chi connectivity index (χ1v) is 7.77. The van der Waals surface area contributed by atoms with Crippen LogP contribution in [0.4, 0.5) is 10.2 Å². The van der Waals surface area contributed by atoms with Gasteiger partial charge in [-0.15, -0.1) is 0 Å². The summed E-state index contributed by atoms with van der Waals surface area (Å²) in [5, 5.41) is 3.17. The molecule has 4 heteroatoms. The van der Waals surface area contributed by atoms with Crippen molar-refractivity contribution >= 4 is 5.82 Å². The molecule has 1 aliphatic rings. The van der Waals surface area contributed by atoms with Crippen molar-refractivity contribution in [1.29, 1.82) is 0 Å². The first-order chi connectivity index (χ1) is 9.72. The lowest BCUT2D eigenvalue weighted by Crippen LogP contribution is -2.28. The molecule has 1 aromatic rings. The van der Waals surface area contributed by atoms with Crippen LogP contribution in [-0.4, -0.2) is 25.1 Å². The Bertz CT molecular complexity index is 416. The van der Waals surface area contributed by atoms with Gasteiger partial charge in [0.25, 0.3) is 0 Å². The van der Waals surface area contributed by atoms with Gasteiger partial charge in [0, 0.05) is 31.9 Å². The Morgan fingerprint density at radius 3 is 2.80 bits per heavy atom. The van der Waals surface area contributed by atoms with Crippen molar-refractivity contribution in [2.75, 3.05) is 25.0 Å². The lowest BCUT2D eigenvalue weighted by molar-refractivity contribution is 0.360. The van der Waals surface area contributed by atoms with Gasteiger partial charge < -0.3 is 10.2 Å². The molecule has 0 amide bonds. The summed E-state index contributed by atoms with van der Waals surface area (Å²) in [7, 11) is 1.96. The maximum atomic E-state index is 14.5. The fourth-order valence-corrected chi connectivity index (χ4v) is 2.98. The number of rotatable bonds is 6. The van der Waals surface area contributed by atoms with Crippen molar-refractivity contribution in [2.24, 2.45) is 5.92 Å². The van der Waals surface area contributed by atoms with Gasteiger partial charge in [-0.2, -0.15) is 0 Å². The first kappa shape index (κ1) is 15.2. The number of hydrogen-bond donors (Lipinski definition) is 1. The van der Waals surface area contributed by atoms with Crippen LogP contribution in [0.2, 0.25) is 0 Å². The number of hydrogen-bond acceptors (Lipinski definition) is 3.